The maximum absolute atomic E-state index is 11.3. The summed E-state index contributed by atoms with van der Waals surface area (Å²) in [6, 6.07) is 12.0. The van der Waals surface area contributed by atoms with Gasteiger partial charge in [-0.25, -0.2) is 4.79 Å². The first-order valence-electron chi connectivity index (χ1n) is 8.16. The van der Waals surface area contributed by atoms with Crippen LogP contribution in [0.2, 0.25) is 0 Å². The fourth-order valence-electron chi connectivity index (χ4n) is 3.15. The van der Waals surface area contributed by atoms with Crippen LogP contribution in [0.3, 0.4) is 0 Å². The first-order chi connectivity index (χ1) is 12.5. The van der Waals surface area contributed by atoms with Crippen LogP contribution < -0.4 is 20.7 Å². The minimum absolute atomic E-state index is 0. The first kappa shape index (κ1) is 20.0. The van der Waals surface area contributed by atoms with E-state index in [2.05, 4.69) is 4.90 Å². The molecule has 1 heterocycles. The highest BCUT2D eigenvalue weighted by Crippen LogP contribution is 2.30. The number of anilines is 2. The van der Waals surface area contributed by atoms with Crippen LogP contribution in [0.25, 0.3) is 0 Å². The van der Waals surface area contributed by atoms with E-state index < -0.39 is 16.6 Å². The molecule has 27 heavy (non-hydrogen) atoms. The van der Waals surface area contributed by atoms with Crippen LogP contribution in [-0.4, -0.2) is 49.3 Å². The lowest BCUT2D eigenvalue weighted by atomic mass is 10.1. The number of methoxy groups -OCH3 is 1. The molecular formula is C18H22N4O5. The third-order valence-electron chi connectivity index (χ3n) is 4.48. The summed E-state index contributed by atoms with van der Waals surface area (Å²) in [6.07, 6.45) is 0. The van der Waals surface area contributed by atoms with E-state index in [9.17, 15) is 20.0 Å². The number of ether oxygens (including phenoxy) is 1. The average molecular weight is 374 g/mol. The zero-order valence-electron chi connectivity index (χ0n) is 15.0. The van der Waals surface area contributed by atoms with Crippen molar-refractivity contribution in [1.29, 1.82) is 0 Å². The predicted octanol–water partition coefficient (Wildman–Crippen LogP) is 2.79. The van der Waals surface area contributed by atoms with Crippen molar-refractivity contribution >= 4 is 23.0 Å². The molecule has 0 saturated carbocycles. The van der Waals surface area contributed by atoms with Gasteiger partial charge in [-0.15, -0.1) is 0 Å². The third kappa shape index (κ3) is 4.09. The van der Waals surface area contributed by atoms with Crippen LogP contribution in [0.5, 0.6) is 5.75 Å². The molecule has 0 bridgehead atoms. The summed E-state index contributed by atoms with van der Waals surface area (Å²) < 4.78 is 5.40. The SMILES string of the molecule is COc1ccccc1N1CCN(c2ccc([N+](=O)[O-])c(C(=O)O)c2)CC1.N. The zero-order chi connectivity index (χ0) is 18.7. The zero-order valence-corrected chi connectivity index (χ0v) is 15.0. The quantitative estimate of drug-likeness (QED) is 0.603. The number of rotatable bonds is 5. The van der Waals surface area contributed by atoms with Gasteiger partial charge < -0.3 is 25.8 Å². The molecule has 0 radical (unpaired) electrons. The Morgan fingerprint density at radius 1 is 1.11 bits per heavy atom. The number of nitrogens with zero attached hydrogens (tertiary/aromatic N) is 3. The largest absolute Gasteiger partial charge is 0.495 e. The number of piperazine rings is 1. The van der Waals surface area contributed by atoms with Gasteiger partial charge in [-0.3, -0.25) is 10.1 Å². The molecule has 0 spiro atoms. The van der Waals surface area contributed by atoms with Crippen molar-refractivity contribution in [3.8, 4) is 5.75 Å². The number of carboxylic acid groups (broad SMARTS) is 1. The highest BCUT2D eigenvalue weighted by molar-refractivity contribution is 5.93. The summed E-state index contributed by atoms with van der Waals surface area (Å²) in [5.41, 5.74) is 1.01. The second-order valence-electron chi connectivity index (χ2n) is 5.91. The molecule has 1 saturated heterocycles. The molecule has 9 nitrogen and oxygen atoms in total. The molecule has 0 aromatic heterocycles. The molecule has 3 rings (SSSR count). The maximum atomic E-state index is 11.3. The first-order valence-corrected chi connectivity index (χ1v) is 8.16. The average Bonchev–Trinajstić information content (AvgIpc) is 2.67. The van der Waals surface area contributed by atoms with E-state index in [1.807, 2.05) is 29.2 Å². The van der Waals surface area contributed by atoms with E-state index >= 15 is 0 Å². The van der Waals surface area contributed by atoms with Crippen LogP contribution in [0.1, 0.15) is 10.4 Å². The standard InChI is InChI=1S/C18H19N3O5.H3N/c1-26-17-5-3-2-4-16(17)20-10-8-19(9-11-20)13-6-7-15(21(24)25)14(12-13)18(22)23;/h2-7,12H,8-11H2,1H3,(H,22,23);1H3. The highest BCUT2D eigenvalue weighted by Gasteiger charge is 2.24. The van der Waals surface area contributed by atoms with Gasteiger partial charge in [0.2, 0.25) is 0 Å². The van der Waals surface area contributed by atoms with Crippen LogP contribution in [-0.2, 0) is 0 Å². The molecule has 0 atom stereocenters. The van der Waals surface area contributed by atoms with Crippen molar-refractivity contribution in [3.05, 3.63) is 58.1 Å². The smallest absolute Gasteiger partial charge is 0.342 e. The van der Waals surface area contributed by atoms with Crippen molar-refractivity contribution in [2.75, 3.05) is 43.1 Å². The number of carboxylic acids is 1. The molecule has 1 aliphatic rings. The normalized spacial score (nSPS) is 13.7. The number of hydrogen-bond acceptors (Lipinski definition) is 7. The van der Waals surface area contributed by atoms with Gasteiger partial charge in [0.05, 0.1) is 17.7 Å². The number of nitro groups is 1. The lowest BCUT2D eigenvalue weighted by molar-refractivity contribution is -0.385. The number of hydrogen-bond donors (Lipinski definition) is 2. The lowest BCUT2D eigenvalue weighted by Crippen LogP contribution is -2.46. The summed E-state index contributed by atoms with van der Waals surface area (Å²) >= 11 is 0. The van der Waals surface area contributed by atoms with Crippen molar-refractivity contribution < 1.29 is 19.6 Å². The third-order valence-corrected chi connectivity index (χ3v) is 4.48. The molecule has 0 unspecified atom stereocenters. The van der Waals surface area contributed by atoms with Gasteiger partial charge >= 0.3 is 5.97 Å². The molecule has 1 aliphatic heterocycles. The fraction of sp³-hybridized carbons (Fsp3) is 0.278. The van der Waals surface area contributed by atoms with E-state index in [4.69, 9.17) is 4.74 Å². The molecule has 1 fully saturated rings. The Hall–Kier alpha value is -3.33. The van der Waals surface area contributed by atoms with Gasteiger partial charge in [0.25, 0.3) is 5.69 Å². The van der Waals surface area contributed by atoms with Gasteiger partial charge in [-0.2, -0.15) is 0 Å². The van der Waals surface area contributed by atoms with Crippen molar-refractivity contribution in [2.45, 2.75) is 0 Å². The molecular weight excluding hydrogens is 352 g/mol. The topological polar surface area (TPSA) is 131 Å². The number of benzene rings is 2. The highest BCUT2D eigenvalue weighted by atomic mass is 16.6. The van der Waals surface area contributed by atoms with Gasteiger partial charge in [0, 0.05) is 37.9 Å². The van der Waals surface area contributed by atoms with Gasteiger partial charge in [0.1, 0.15) is 11.3 Å². The number of carbonyl (C=O) groups is 1. The Morgan fingerprint density at radius 3 is 2.33 bits per heavy atom. The van der Waals surface area contributed by atoms with Crippen molar-refractivity contribution in [1.82, 2.24) is 6.15 Å². The van der Waals surface area contributed by atoms with Crippen LogP contribution in [0.15, 0.2) is 42.5 Å². The Bertz CT molecular complexity index is 834. The van der Waals surface area contributed by atoms with Crippen LogP contribution >= 0.6 is 0 Å². The Morgan fingerprint density at radius 2 is 1.74 bits per heavy atom. The van der Waals surface area contributed by atoms with E-state index in [1.54, 1.807) is 13.2 Å². The summed E-state index contributed by atoms with van der Waals surface area (Å²) in [6.45, 7) is 2.82. The van der Waals surface area contributed by atoms with Gasteiger partial charge in [0.15, 0.2) is 0 Å². The second-order valence-corrected chi connectivity index (χ2v) is 5.91. The van der Waals surface area contributed by atoms with Gasteiger partial charge in [-0.05, 0) is 24.3 Å². The maximum Gasteiger partial charge on any atom is 0.342 e. The molecule has 144 valence electrons. The lowest BCUT2D eigenvalue weighted by Gasteiger charge is -2.37. The number of aromatic carboxylic acids is 1. The minimum Gasteiger partial charge on any atom is -0.495 e. The Labute approximate surface area is 156 Å². The number of para-hydroxylation sites is 2. The molecule has 2 aromatic rings. The molecule has 4 N–H and O–H groups in total. The monoisotopic (exact) mass is 374 g/mol. The fourth-order valence-corrected chi connectivity index (χ4v) is 3.15. The summed E-state index contributed by atoms with van der Waals surface area (Å²) in [7, 11) is 1.64. The predicted molar refractivity (Wildman–Crippen MR) is 102 cm³/mol. The Balaban J connectivity index is 0.00000261. The summed E-state index contributed by atoms with van der Waals surface area (Å²) in [5.74, 6) is -0.490. The Kier molecular flexibility index (Phi) is 6.19. The van der Waals surface area contributed by atoms with Crippen molar-refractivity contribution in [3.63, 3.8) is 0 Å². The minimum atomic E-state index is -1.30. The molecule has 0 amide bonds. The van der Waals surface area contributed by atoms with E-state index in [-0.39, 0.29) is 11.7 Å². The van der Waals surface area contributed by atoms with E-state index in [0.29, 0.717) is 18.8 Å². The molecule has 2 aromatic carbocycles. The van der Waals surface area contributed by atoms with Crippen LogP contribution in [0.4, 0.5) is 17.1 Å². The van der Waals surface area contributed by atoms with E-state index in [0.717, 1.165) is 24.5 Å². The van der Waals surface area contributed by atoms with Crippen LogP contribution in [0, 0.1) is 10.1 Å². The number of nitro benzene ring substituents is 1. The van der Waals surface area contributed by atoms with E-state index in [1.165, 1.54) is 12.1 Å². The van der Waals surface area contributed by atoms with Crippen molar-refractivity contribution in [2.24, 2.45) is 0 Å². The summed E-state index contributed by atoms with van der Waals surface area (Å²) in [5, 5.41) is 20.2. The second kappa shape index (κ2) is 8.37. The summed E-state index contributed by atoms with van der Waals surface area (Å²) in [4.78, 5) is 25.9. The van der Waals surface area contributed by atoms with Gasteiger partial charge in [-0.1, -0.05) is 12.1 Å². The molecule has 9 heteroatoms. The molecule has 0 aliphatic carbocycles.